The summed E-state index contributed by atoms with van der Waals surface area (Å²) in [5, 5.41) is 0. The van der Waals surface area contributed by atoms with Crippen molar-refractivity contribution in [3.8, 4) is 5.75 Å². The molecule has 3 rings (SSSR count). The molecule has 138 valence electrons. The number of rotatable bonds is 5. The van der Waals surface area contributed by atoms with Crippen LogP contribution in [0.2, 0.25) is 0 Å². The number of aryl methyl sites for hydroxylation is 2. The number of aromatic nitrogens is 1. The van der Waals surface area contributed by atoms with Gasteiger partial charge in [-0.2, -0.15) is 0 Å². The van der Waals surface area contributed by atoms with E-state index < -0.39 is 0 Å². The average Bonchev–Trinajstić information content (AvgIpc) is 2.99. The quantitative estimate of drug-likeness (QED) is 0.897. The molecule has 1 aliphatic heterocycles. The van der Waals surface area contributed by atoms with E-state index in [1.54, 1.807) is 28.9 Å². The van der Waals surface area contributed by atoms with Crippen LogP contribution in [0.15, 0.2) is 36.4 Å². The van der Waals surface area contributed by atoms with Crippen molar-refractivity contribution < 1.29 is 14.3 Å². The first-order valence-electron chi connectivity index (χ1n) is 9.01. The molecule has 0 unspecified atom stereocenters. The third-order valence-corrected chi connectivity index (χ3v) is 4.67. The summed E-state index contributed by atoms with van der Waals surface area (Å²) in [7, 11) is 0. The maximum absolute atomic E-state index is 12.4. The molecular weight excluding hydrogens is 330 g/mol. The molecule has 2 amide bonds. The molecule has 0 radical (unpaired) electrons. The van der Waals surface area contributed by atoms with Gasteiger partial charge in [0.1, 0.15) is 5.75 Å². The molecule has 1 aliphatic rings. The summed E-state index contributed by atoms with van der Waals surface area (Å²) in [6.45, 7) is 5.54. The maximum atomic E-state index is 12.4. The molecule has 26 heavy (non-hydrogen) atoms. The fourth-order valence-electron chi connectivity index (χ4n) is 3.09. The Balaban J connectivity index is 1.54. The number of nitrogens with zero attached hydrogens (tertiary/aromatic N) is 2. The molecule has 0 saturated carbocycles. The Morgan fingerprint density at radius 2 is 1.58 bits per heavy atom. The van der Waals surface area contributed by atoms with Gasteiger partial charge in [-0.3, -0.25) is 19.7 Å². The van der Waals surface area contributed by atoms with Crippen LogP contribution in [0.5, 0.6) is 5.75 Å². The van der Waals surface area contributed by atoms with E-state index in [9.17, 15) is 9.59 Å². The first-order chi connectivity index (χ1) is 12.5. The van der Waals surface area contributed by atoms with Gasteiger partial charge in [-0.1, -0.05) is 0 Å². The van der Waals surface area contributed by atoms with E-state index in [-0.39, 0.29) is 18.4 Å². The van der Waals surface area contributed by atoms with E-state index in [1.807, 2.05) is 30.9 Å². The molecule has 0 atom stereocenters. The molecule has 6 heteroatoms. The summed E-state index contributed by atoms with van der Waals surface area (Å²) in [4.78, 5) is 26.3. The monoisotopic (exact) mass is 355 g/mol. The van der Waals surface area contributed by atoms with Crippen LogP contribution in [0.1, 0.15) is 41.0 Å². The smallest absolute Gasteiger partial charge is 0.270 e. The largest absolute Gasteiger partial charge is 0.484 e. The first-order valence-corrected chi connectivity index (χ1v) is 9.01. The lowest BCUT2D eigenvalue weighted by molar-refractivity contribution is -0.134. The molecule has 2 aromatic rings. The predicted octanol–water partition coefficient (Wildman–Crippen LogP) is 2.88. The zero-order valence-electron chi connectivity index (χ0n) is 15.3. The highest BCUT2D eigenvalue weighted by atomic mass is 16.5. The van der Waals surface area contributed by atoms with Gasteiger partial charge in [0.05, 0.1) is 0 Å². The fraction of sp³-hybridized carbons (Fsp3) is 0.400. The number of carbonyl (C=O) groups is 2. The van der Waals surface area contributed by atoms with Gasteiger partial charge in [-0.25, -0.2) is 0 Å². The van der Waals surface area contributed by atoms with Crippen molar-refractivity contribution >= 4 is 11.8 Å². The summed E-state index contributed by atoms with van der Waals surface area (Å²) < 4.78 is 7.33. The van der Waals surface area contributed by atoms with Crippen LogP contribution in [-0.2, 0) is 4.79 Å². The van der Waals surface area contributed by atoms with Crippen LogP contribution in [0, 0.1) is 13.8 Å². The Morgan fingerprint density at radius 3 is 2.19 bits per heavy atom. The molecule has 0 aliphatic carbocycles. The second-order valence-corrected chi connectivity index (χ2v) is 6.65. The second kappa shape index (κ2) is 8.08. The summed E-state index contributed by atoms with van der Waals surface area (Å²) in [6, 6.07) is 10.7. The molecular formula is C20H25N3O3. The minimum absolute atomic E-state index is 0.0186. The van der Waals surface area contributed by atoms with Crippen molar-refractivity contribution in [1.29, 1.82) is 0 Å². The number of carbonyl (C=O) groups excluding carboxylic acids is 2. The van der Waals surface area contributed by atoms with Gasteiger partial charge in [0.2, 0.25) is 0 Å². The average molecular weight is 355 g/mol. The molecule has 6 nitrogen and oxygen atoms in total. The second-order valence-electron chi connectivity index (χ2n) is 6.65. The molecule has 0 bridgehead atoms. The lowest BCUT2D eigenvalue weighted by atomic mass is 10.1. The van der Waals surface area contributed by atoms with Gasteiger partial charge in [0.15, 0.2) is 6.61 Å². The molecule has 1 fully saturated rings. The molecule has 2 heterocycles. The minimum atomic E-state index is -0.191. The van der Waals surface area contributed by atoms with Crippen molar-refractivity contribution in [3.63, 3.8) is 0 Å². The molecule has 1 N–H and O–H groups in total. The topological polar surface area (TPSA) is 63.6 Å². The van der Waals surface area contributed by atoms with Gasteiger partial charge in [0, 0.05) is 30.0 Å². The summed E-state index contributed by atoms with van der Waals surface area (Å²) in [6.07, 6.45) is 3.32. The molecule has 0 spiro atoms. The van der Waals surface area contributed by atoms with E-state index in [4.69, 9.17) is 4.74 Å². The number of hydrogen-bond acceptors (Lipinski definition) is 3. The number of ether oxygens (including phenoxy) is 1. The Labute approximate surface area is 153 Å². The summed E-state index contributed by atoms with van der Waals surface area (Å²) in [5.41, 5.74) is 5.33. The van der Waals surface area contributed by atoms with Gasteiger partial charge in [-0.05, 0) is 69.5 Å². The minimum Gasteiger partial charge on any atom is -0.484 e. The van der Waals surface area contributed by atoms with Crippen LogP contribution in [-0.4, -0.2) is 41.1 Å². The van der Waals surface area contributed by atoms with E-state index >= 15 is 0 Å². The highest BCUT2D eigenvalue weighted by molar-refractivity contribution is 6.00. The van der Waals surface area contributed by atoms with Crippen molar-refractivity contribution in [2.24, 2.45) is 0 Å². The summed E-state index contributed by atoms with van der Waals surface area (Å²) in [5.74, 6) is 0.411. The van der Waals surface area contributed by atoms with Gasteiger partial charge < -0.3 is 9.64 Å². The van der Waals surface area contributed by atoms with Crippen molar-refractivity contribution in [2.45, 2.75) is 33.1 Å². The van der Waals surface area contributed by atoms with Crippen LogP contribution in [0.25, 0.3) is 0 Å². The number of benzene rings is 1. The lowest BCUT2D eigenvalue weighted by Crippen LogP contribution is -2.38. The van der Waals surface area contributed by atoms with E-state index in [0.29, 0.717) is 11.3 Å². The third-order valence-electron chi connectivity index (χ3n) is 4.67. The van der Waals surface area contributed by atoms with Crippen LogP contribution in [0.4, 0.5) is 0 Å². The number of nitrogens with one attached hydrogen (secondary N) is 1. The van der Waals surface area contributed by atoms with Crippen LogP contribution >= 0.6 is 0 Å². The number of likely N-dealkylation sites (tertiary alicyclic amines) is 1. The maximum Gasteiger partial charge on any atom is 0.270 e. The zero-order valence-corrected chi connectivity index (χ0v) is 15.3. The van der Waals surface area contributed by atoms with Gasteiger partial charge in [0.25, 0.3) is 11.8 Å². The standard InChI is InChI=1S/C20H25N3O3/c1-15-6-7-16(2)23(15)21-20(25)17-8-10-18(11-9-17)26-14-19(24)22-12-4-3-5-13-22/h6-11H,3-5,12-14H2,1-2H3,(H,21,25). The fourth-order valence-corrected chi connectivity index (χ4v) is 3.09. The number of amides is 2. The van der Waals surface area contributed by atoms with Crippen molar-refractivity contribution in [3.05, 3.63) is 53.3 Å². The predicted molar refractivity (Wildman–Crippen MR) is 100.0 cm³/mol. The van der Waals surface area contributed by atoms with Crippen LogP contribution in [0.3, 0.4) is 0 Å². The first kappa shape index (κ1) is 18.0. The van der Waals surface area contributed by atoms with Gasteiger partial charge >= 0.3 is 0 Å². The van der Waals surface area contributed by atoms with E-state index in [0.717, 1.165) is 37.3 Å². The number of hydrogen-bond donors (Lipinski definition) is 1. The highest BCUT2D eigenvalue weighted by Crippen LogP contribution is 2.14. The molecule has 1 aromatic carbocycles. The Morgan fingerprint density at radius 1 is 0.962 bits per heavy atom. The molecule has 1 aromatic heterocycles. The van der Waals surface area contributed by atoms with Crippen molar-refractivity contribution in [1.82, 2.24) is 9.58 Å². The van der Waals surface area contributed by atoms with Crippen LogP contribution < -0.4 is 10.2 Å². The number of piperidine rings is 1. The normalized spacial score (nSPS) is 14.2. The van der Waals surface area contributed by atoms with Gasteiger partial charge in [-0.15, -0.1) is 0 Å². The Hall–Kier alpha value is -2.76. The van der Waals surface area contributed by atoms with Crippen molar-refractivity contribution in [2.75, 3.05) is 25.1 Å². The molecule has 1 saturated heterocycles. The third kappa shape index (κ3) is 4.25. The van der Waals surface area contributed by atoms with E-state index in [2.05, 4.69) is 5.43 Å². The SMILES string of the molecule is Cc1ccc(C)n1NC(=O)c1ccc(OCC(=O)N2CCCCC2)cc1. The Kier molecular flexibility index (Phi) is 5.61. The Bertz CT molecular complexity index is 755. The summed E-state index contributed by atoms with van der Waals surface area (Å²) >= 11 is 0. The zero-order chi connectivity index (χ0) is 18.5. The van der Waals surface area contributed by atoms with E-state index in [1.165, 1.54) is 6.42 Å². The highest BCUT2D eigenvalue weighted by Gasteiger charge is 2.17. The lowest BCUT2D eigenvalue weighted by Gasteiger charge is -2.26.